The molecule has 0 bridgehead atoms. The number of carbonyl (C=O) groups excluding carboxylic acids is 1. The fraction of sp³-hybridized carbons (Fsp3) is 0.308. The SMILES string of the molecule is CCCCNC(=O)c1sc2cc(Br)ccc2c1N. The number of halogens is 1. The van der Waals surface area contributed by atoms with Gasteiger partial charge in [0.1, 0.15) is 4.88 Å². The monoisotopic (exact) mass is 326 g/mol. The highest BCUT2D eigenvalue weighted by Gasteiger charge is 2.15. The van der Waals surface area contributed by atoms with E-state index in [1.54, 1.807) is 0 Å². The highest BCUT2D eigenvalue weighted by atomic mass is 79.9. The third-order valence-electron chi connectivity index (χ3n) is 2.71. The highest BCUT2D eigenvalue weighted by molar-refractivity contribution is 9.10. The molecule has 1 heterocycles. The summed E-state index contributed by atoms with van der Waals surface area (Å²) in [5, 5.41) is 3.84. The number of rotatable bonds is 4. The molecule has 3 N–H and O–H groups in total. The quantitative estimate of drug-likeness (QED) is 0.840. The fourth-order valence-corrected chi connectivity index (χ4v) is 3.31. The lowest BCUT2D eigenvalue weighted by Gasteiger charge is -2.02. The van der Waals surface area contributed by atoms with Crippen molar-refractivity contribution in [3.8, 4) is 0 Å². The van der Waals surface area contributed by atoms with Gasteiger partial charge in [-0.15, -0.1) is 11.3 Å². The molecule has 0 atom stereocenters. The number of hydrogen-bond acceptors (Lipinski definition) is 3. The van der Waals surface area contributed by atoms with Crippen molar-refractivity contribution >= 4 is 48.9 Å². The zero-order valence-electron chi connectivity index (χ0n) is 10.1. The van der Waals surface area contributed by atoms with Crippen LogP contribution in [0, 0.1) is 0 Å². The van der Waals surface area contributed by atoms with E-state index in [1.807, 2.05) is 18.2 Å². The zero-order valence-corrected chi connectivity index (χ0v) is 12.5. The van der Waals surface area contributed by atoms with Crippen molar-refractivity contribution in [3.63, 3.8) is 0 Å². The van der Waals surface area contributed by atoms with Gasteiger partial charge in [-0.2, -0.15) is 0 Å². The minimum atomic E-state index is -0.0710. The first-order chi connectivity index (χ1) is 8.63. The molecular formula is C13H15BrN2OS. The Kier molecular flexibility index (Phi) is 4.24. The van der Waals surface area contributed by atoms with Crippen LogP contribution in [0.1, 0.15) is 29.4 Å². The van der Waals surface area contributed by atoms with Gasteiger partial charge in [0, 0.05) is 21.1 Å². The standard InChI is InChI=1S/C13H15BrN2OS/c1-2-3-6-16-13(17)12-11(15)9-5-4-8(14)7-10(9)18-12/h4-5,7H,2-3,6,15H2,1H3,(H,16,17). The molecule has 0 fully saturated rings. The summed E-state index contributed by atoms with van der Waals surface area (Å²) in [7, 11) is 0. The van der Waals surface area contributed by atoms with Crippen LogP contribution in [0.5, 0.6) is 0 Å². The lowest BCUT2D eigenvalue weighted by atomic mass is 10.2. The van der Waals surface area contributed by atoms with Gasteiger partial charge in [-0.25, -0.2) is 0 Å². The van der Waals surface area contributed by atoms with E-state index in [4.69, 9.17) is 5.73 Å². The zero-order chi connectivity index (χ0) is 13.1. The van der Waals surface area contributed by atoms with E-state index in [-0.39, 0.29) is 5.91 Å². The Balaban J connectivity index is 2.28. The molecule has 0 aliphatic rings. The van der Waals surface area contributed by atoms with Crippen molar-refractivity contribution < 1.29 is 4.79 Å². The molecule has 18 heavy (non-hydrogen) atoms. The second-order valence-corrected chi connectivity index (χ2v) is 6.06. The van der Waals surface area contributed by atoms with Gasteiger partial charge in [-0.1, -0.05) is 35.3 Å². The predicted molar refractivity (Wildman–Crippen MR) is 81.2 cm³/mol. The van der Waals surface area contributed by atoms with Gasteiger partial charge in [0.2, 0.25) is 0 Å². The molecule has 0 spiro atoms. The van der Waals surface area contributed by atoms with Crippen molar-refractivity contribution in [2.45, 2.75) is 19.8 Å². The second kappa shape index (κ2) is 5.71. The van der Waals surface area contributed by atoms with Crippen LogP contribution in [-0.2, 0) is 0 Å². The van der Waals surface area contributed by atoms with Crippen LogP contribution in [-0.4, -0.2) is 12.5 Å². The normalized spacial score (nSPS) is 10.8. The van der Waals surface area contributed by atoms with Crippen molar-refractivity contribution in [2.75, 3.05) is 12.3 Å². The van der Waals surface area contributed by atoms with Gasteiger partial charge in [0.05, 0.1) is 5.69 Å². The molecule has 0 radical (unpaired) electrons. The van der Waals surface area contributed by atoms with Crippen LogP contribution in [0.4, 0.5) is 5.69 Å². The number of nitrogens with one attached hydrogen (secondary N) is 1. The van der Waals surface area contributed by atoms with E-state index < -0.39 is 0 Å². The number of carbonyl (C=O) groups is 1. The average Bonchev–Trinajstić information content (AvgIpc) is 2.66. The smallest absolute Gasteiger partial charge is 0.263 e. The predicted octanol–water partition coefficient (Wildman–Crippen LogP) is 3.78. The Morgan fingerprint density at radius 2 is 2.28 bits per heavy atom. The Bertz CT molecular complexity index is 580. The van der Waals surface area contributed by atoms with Crippen LogP contribution in [0.25, 0.3) is 10.1 Å². The first-order valence-electron chi connectivity index (χ1n) is 5.89. The molecule has 3 nitrogen and oxygen atoms in total. The van der Waals surface area contributed by atoms with Gasteiger partial charge in [0.25, 0.3) is 5.91 Å². The van der Waals surface area contributed by atoms with Crippen LogP contribution in [0.2, 0.25) is 0 Å². The largest absolute Gasteiger partial charge is 0.397 e. The summed E-state index contributed by atoms with van der Waals surface area (Å²) in [6.45, 7) is 2.80. The van der Waals surface area contributed by atoms with E-state index in [0.717, 1.165) is 27.4 Å². The molecule has 1 aromatic heterocycles. The topological polar surface area (TPSA) is 55.1 Å². The number of nitrogen functional groups attached to an aromatic ring is 1. The van der Waals surface area contributed by atoms with E-state index >= 15 is 0 Å². The number of benzene rings is 1. The summed E-state index contributed by atoms with van der Waals surface area (Å²) in [4.78, 5) is 12.6. The minimum Gasteiger partial charge on any atom is -0.397 e. The van der Waals surface area contributed by atoms with Gasteiger partial charge in [0.15, 0.2) is 0 Å². The lowest BCUT2D eigenvalue weighted by molar-refractivity contribution is 0.0958. The van der Waals surface area contributed by atoms with Crippen molar-refractivity contribution in [3.05, 3.63) is 27.5 Å². The maximum absolute atomic E-state index is 12.0. The molecule has 2 rings (SSSR count). The third kappa shape index (κ3) is 2.67. The van der Waals surface area contributed by atoms with Crippen molar-refractivity contribution in [2.24, 2.45) is 0 Å². The summed E-state index contributed by atoms with van der Waals surface area (Å²) >= 11 is 4.86. The Hall–Kier alpha value is -1.07. The number of anilines is 1. The molecule has 1 amide bonds. The maximum Gasteiger partial charge on any atom is 0.263 e. The first-order valence-corrected chi connectivity index (χ1v) is 7.50. The van der Waals surface area contributed by atoms with E-state index in [2.05, 4.69) is 28.2 Å². The molecule has 0 unspecified atom stereocenters. The fourth-order valence-electron chi connectivity index (χ4n) is 1.72. The number of nitrogens with two attached hydrogens (primary N) is 1. The Morgan fingerprint density at radius 1 is 1.50 bits per heavy atom. The molecule has 96 valence electrons. The van der Waals surface area contributed by atoms with Gasteiger partial charge in [-0.05, 0) is 18.6 Å². The molecule has 0 saturated carbocycles. The van der Waals surface area contributed by atoms with Crippen LogP contribution in [0.15, 0.2) is 22.7 Å². The molecule has 5 heteroatoms. The summed E-state index contributed by atoms with van der Waals surface area (Å²) in [5.41, 5.74) is 6.61. The number of fused-ring (bicyclic) bond motifs is 1. The van der Waals surface area contributed by atoms with Gasteiger partial charge in [-0.3, -0.25) is 4.79 Å². The number of amides is 1. The van der Waals surface area contributed by atoms with Crippen LogP contribution in [0.3, 0.4) is 0 Å². The molecule has 1 aromatic carbocycles. The van der Waals surface area contributed by atoms with Crippen LogP contribution < -0.4 is 11.1 Å². The number of unbranched alkanes of at least 4 members (excludes halogenated alkanes) is 1. The summed E-state index contributed by atoms with van der Waals surface area (Å²) < 4.78 is 2.02. The highest BCUT2D eigenvalue weighted by Crippen LogP contribution is 2.35. The Labute approximate surface area is 118 Å². The number of hydrogen-bond donors (Lipinski definition) is 2. The van der Waals surface area contributed by atoms with E-state index in [0.29, 0.717) is 17.1 Å². The van der Waals surface area contributed by atoms with Crippen molar-refractivity contribution in [1.82, 2.24) is 5.32 Å². The van der Waals surface area contributed by atoms with Gasteiger partial charge >= 0.3 is 0 Å². The van der Waals surface area contributed by atoms with Crippen molar-refractivity contribution in [1.29, 1.82) is 0 Å². The summed E-state index contributed by atoms with van der Waals surface area (Å²) in [6, 6.07) is 5.86. The first kappa shape index (κ1) is 13.4. The maximum atomic E-state index is 12.0. The minimum absolute atomic E-state index is 0.0710. The molecule has 0 saturated heterocycles. The molecule has 2 aromatic rings. The molecular weight excluding hydrogens is 312 g/mol. The lowest BCUT2D eigenvalue weighted by Crippen LogP contribution is -2.24. The average molecular weight is 327 g/mol. The molecule has 0 aliphatic heterocycles. The van der Waals surface area contributed by atoms with E-state index in [1.165, 1.54) is 11.3 Å². The summed E-state index contributed by atoms with van der Waals surface area (Å²) in [5.74, 6) is -0.0710. The number of thiophene rings is 1. The third-order valence-corrected chi connectivity index (χ3v) is 4.37. The second-order valence-electron chi connectivity index (χ2n) is 4.09. The summed E-state index contributed by atoms with van der Waals surface area (Å²) in [6.07, 6.45) is 2.05. The van der Waals surface area contributed by atoms with E-state index in [9.17, 15) is 4.79 Å². The van der Waals surface area contributed by atoms with Gasteiger partial charge < -0.3 is 11.1 Å². The Morgan fingerprint density at radius 3 is 3.00 bits per heavy atom. The van der Waals surface area contributed by atoms with Crippen LogP contribution >= 0.6 is 27.3 Å². The molecule has 0 aliphatic carbocycles.